The molecule has 1 aromatic carbocycles. The molecule has 1 aromatic rings. The van der Waals surface area contributed by atoms with Crippen molar-refractivity contribution in [1.82, 2.24) is 0 Å². The Labute approximate surface area is 100 Å². The van der Waals surface area contributed by atoms with Gasteiger partial charge in [0, 0.05) is 29.3 Å². The number of benzene rings is 1. The molecule has 0 spiro atoms. The zero-order chi connectivity index (χ0) is 11.7. The van der Waals surface area contributed by atoms with Gasteiger partial charge in [0.05, 0.1) is 5.69 Å². The number of anilines is 2. The maximum atomic E-state index is 13.8. The van der Waals surface area contributed by atoms with Crippen LogP contribution < -0.4 is 10.6 Å². The average molecular weight is 240 g/mol. The Morgan fingerprint density at radius 3 is 2.88 bits per heavy atom. The highest BCUT2D eigenvalue weighted by atomic mass is 32.2. The van der Waals surface area contributed by atoms with Crippen LogP contribution in [0.25, 0.3) is 0 Å². The van der Waals surface area contributed by atoms with Crippen molar-refractivity contribution in [2.45, 2.75) is 25.1 Å². The number of rotatable bonds is 1. The van der Waals surface area contributed by atoms with Gasteiger partial charge in [-0.15, -0.1) is 0 Å². The van der Waals surface area contributed by atoms with Crippen molar-refractivity contribution in [1.29, 1.82) is 0 Å². The topological polar surface area (TPSA) is 29.3 Å². The first-order valence-corrected chi connectivity index (χ1v) is 6.57. The van der Waals surface area contributed by atoms with Crippen LogP contribution in [0.3, 0.4) is 0 Å². The van der Waals surface area contributed by atoms with Crippen LogP contribution in [0.4, 0.5) is 15.8 Å². The summed E-state index contributed by atoms with van der Waals surface area (Å²) in [7, 11) is 0. The Bertz CT molecular complexity index is 383. The van der Waals surface area contributed by atoms with Gasteiger partial charge in [-0.25, -0.2) is 4.39 Å². The molecule has 0 radical (unpaired) electrons. The van der Waals surface area contributed by atoms with Crippen molar-refractivity contribution in [3.8, 4) is 0 Å². The average Bonchev–Trinajstić information content (AvgIpc) is 2.23. The SMILES string of the molecule is CC1SCCN(c2ccc(N)cc2F)C1C. The number of hydrogen-bond donors (Lipinski definition) is 1. The van der Waals surface area contributed by atoms with Gasteiger partial charge in [0.25, 0.3) is 0 Å². The Morgan fingerprint density at radius 2 is 2.19 bits per heavy atom. The summed E-state index contributed by atoms with van der Waals surface area (Å²) in [6, 6.07) is 5.30. The van der Waals surface area contributed by atoms with E-state index in [0.29, 0.717) is 22.7 Å². The molecule has 0 aliphatic carbocycles. The molecular formula is C12H17FN2S. The third-order valence-electron chi connectivity index (χ3n) is 3.17. The lowest BCUT2D eigenvalue weighted by molar-refractivity contribution is 0.582. The number of nitrogen functional groups attached to an aromatic ring is 1. The van der Waals surface area contributed by atoms with Gasteiger partial charge in [-0.2, -0.15) is 11.8 Å². The van der Waals surface area contributed by atoms with Gasteiger partial charge in [-0.05, 0) is 25.1 Å². The number of thioether (sulfide) groups is 1. The molecule has 0 aromatic heterocycles. The molecule has 88 valence electrons. The quantitative estimate of drug-likeness (QED) is 0.765. The predicted octanol–water partition coefficient (Wildman–Crippen LogP) is 2.74. The summed E-state index contributed by atoms with van der Waals surface area (Å²) >= 11 is 1.94. The van der Waals surface area contributed by atoms with E-state index in [1.54, 1.807) is 12.1 Å². The Balaban J connectivity index is 2.29. The summed E-state index contributed by atoms with van der Waals surface area (Å²) in [5.41, 5.74) is 6.71. The van der Waals surface area contributed by atoms with Crippen LogP contribution in [0, 0.1) is 5.82 Å². The van der Waals surface area contributed by atoms with Crippen molar-refractivity contribution in [3.05, 3.63) is 24.0 Å². The van der Waals surface area contributed by atoms with Crippen LogP contribution in [0.5, 0.6) is 0 Å². The summed E-state index contributed by atoms with van der Waals surface area (Å²) < 4.78 is 13.8. The molecule has 1 fully saturated rings. The monoisotopic (exact) mass is 240 g/mol. The van der Waals surface area contributed by atoms with E-state index in [0.717, 1.165) is 12.3 Å². The maximum absolute atomic E-state index is 13.8. The normalized spacial score (nSPS) is 25.8. The lowest BCUT2D eigenvalue weighted by Crippen LogP contribution is -2.45. The van der Waals surface area contributed by atoms with Crippen LogP contribution in [0.1, 0.15) is 13.8 Å². The minimum absolute atomic E-state index is 0.217. The molecule has 2 rings (SSSR count). The number of halogens is 1. The molecule has 1 heterocycles. The Morgan fingerprint density at radius 1 is 1.44 bits per heavy atom. The molecule has 1 aliphatic heterocycles. The molecule has 2 unspecified atom stereocenters. The molecule has 0 saturated carbocycles. The van der Waals surface area contributed by atoms with Crippen molar-refractivity contribution < 1.29 is 4.39 Å². The maximum Gasteiger partial charge on any atom is 0.148 e. The minimum atomic E-state index is -0.217. The fourth-order valence-electron chi connectivity index (χ4n) is 2.03. The molecule has 0 amide bonds. The van der Waals surface area contributed by atoms with Crippen molar-refractivity contribution in [2.75, 3.05) is 22.9 Å². The third-order valence-corrected chi connectivity index (χ3v) is 4.50. The molecule has 0 bridgehead atoms. The van der Waals surface area contributed by atoms with E-state index in [4.69, 9.17) is 5.73 Å². The standard InChI is InChI=1S/C12H17FN2S/c1-8-9(2)16-6-5-15(8)12-4-3-10(14)7-11(12)13/h3-4,7-9H,5-6,14H2,1-2H3. The fourth-order valence-corrected chi connectivity index (χ4v) is 3.13. The highest BCUT2D eigenvalue weighted by molar-refractivity contribution is 8.00. The predicted molar refractivity (Wildman–Crippen MR) is 69.5 cm³/mol. The summed E-state index contributed by atoms with van der Waals surface area (Å²) in [5.74, 6) is 0.834. The first-order valence-electron chi connectivity index (χ1n) is 5.53. The largest absolute Gasteiger partial charge is 0.399 e. The lowest BCUT2D eigenvalue weighted by atomic mass is 10.1. The van der Waals surface area contributed by atoms with Crippen molar-refractivity contribution in [3.63, 3.8) is 0 Å². The van der Waals surface area contributed by atoms with Crippen LogP contribution >= 0.6 is 11.8 Å². The van der Waals surface area contributed by atoms with E-state index in [-0.39, 0.29) is 5.82 Å². The van der Waals surface area contributed by atoms with Crippen molar-refractivity contribution >= 4 is 23.1 Å². The third kappa shape index (κ3) is 2.12. The molecular weight excluding hydrogens is 223 g/mol. The molecule has 16 heavy (non-hydrogen) atoms. The molecule has 2 N–H and O–H groups in total. The number of hydrogen-bond acceptors (Lipinski definition) is 3. The van der Waals surface area contributed by atoms with E-state index in [9.17, 15) is 4.39 Å². The summed E-state index contributed by atoms with van der Waals surface area (Å²) in [5, 5.41) is 0.533. The van der Waals surface area contributed by atoms with Crippen LogP contribution in [0.15, 0.2) is 18.2 Å². The van der Waals surface area contributed by atoms with Crippen LogP contribution in [-0.2, 0) is 0 Å². The Kier molecular flexibility index (Phi) is 3.28. The minimum Gasteiger partial charge on any atom is -0.399 e. The zero-order valence-electron chi connectivity index (χ0n) is 9.61. The molecule has 2 nitrogen and oxygen atoms in total. The highest BCUT2D eigenvalue weighted by Gasteiger charge is 2.26. The summed E-state index contributed by atoms with van der Waals surface area (Å²) in [6.45, 7) is 5.24. The number of nitrogens with two attached hydrogens (primary N) is 1. The van der Waals surface area contributed by atoms with E-state index in [1.807, 2.05) is 11.8 Å². The number of nitrogens with zero attached hydrogens (tertiary/aromatic N) is 1. The van der Waals surface area contributed by atoms with Gasteiger partial charge in [0.2, 0.25) is 0 Å². The fraction of sp³-hybridized carbons (Fsp3) is 0.500. The molecule has 1 aliphatic rings. The highest BCUT2D eigenvalue weighted by Crippen LogP contribution is 2.31. The van der Waals surface area contributed by atoms with Crippen LogP contribution in [0.2, 0.25) is 0 Å². The van der Waals surface area contributed by atoms with E-state index >= 15 is 0 Å². The molecule has 4 heteroatoms. The second kappa shape index (κ2) is 4.53. The van der Waals surface area contributed by atoms with Gasteiger partial charge in [0.15, 0.2) is 0 Å². The second-order valence-electron chi connectivity index (χ2n) is 4.22. The first-order chi connectivity index (χ1) is 7.59. The van der Waals surface area contributed by atoms with E-state index in [2.05, 4.69) is 18.7 Å². The molecule has 1 saturated heterocycles. The second-order valence-corrected chi connectivity index (χ2v) is 5.71. The van der Waals surface area contributed by atoms with Crippen molar-refractivity contribution in [2.24, 2.45) is 0 Å². The van der Waals surface area contributed by atoms with Gasteiger partial charge in [0.1, 0.15) is 5.82 Å². The van der Waals surface area contributed by atoms with E-state index in [1.165, 1.54) is 6.07 Å². The van der Waals surface area contributed by atoms with Gasteiger partial charge in [-0.1, -0.05) is 6.92 Å². The summed E-state index contributed by atoms with van der Waals surface area (Å²) in [6.07, 6.45) is 0. The summed E-state index contributed by atoms with van der Waals surface area (Å²) in [4.78, 5) is 2.13. The Hall–Kier alpha value is -0.900. The van der Waals surface area contributed by atoms with Crippen LogP contribution in [-0.4, -0.2) is 23.6 Å². The van der Waals surface area contributed by atoms with E-state index < -0.39 is 0 Å². The molecule has 2 atom stereocenters. The van der Waals surface area contributed by atoms with Gasteiger partial charge >= 0.3 is 0 Å². The zero-order valence-corrected chi connectivity index (χ0v) is 10.4. The van der Waals surface area contributed by atoms with Gasteiger partial charge < -0.3 is 10.6 Å². The lowest BCUT2D eigenvalue weighted by Gasteiger charge is -2.39. The van der Waals surface area contributed by atoms with Gasteiger partial charge in [-0.3, -0.25) is 0 Å². The first kappa shape index (κ1) is 11.6. The smallest absolute Gasteiger partial charge is 0.148 e.